The Hall–Kier alpha value is -5.91. The molecule has 4 aromatic rings. The quantitative estimate of drug-likeness (QED) is 0.0391. The van der Waals surface area contributed by atoms with Gasteiger partial charge in [-0.3, -0.25) is 0 Å². The number of benzene rings is 3. The third kappa shape index (κ3) is 16.8. The maximum atomic E-state index is 15.4. The van der Waals surface area contributed by atoms with Crippen LogP contribution in [0.4, 0.5) is 0 Å². The Labute approximate surface area is 467 Å². The van der Waals surface area contributed by atoms with Gasteiger partial charge < -0.3 is 29.5 Å². The first-order chi connectivity index (χ1) is 36.5. The van der Waals surface area contributed by atoms with Crippen LogP contribution in [0.15, 0.2) is 69.0 Å². The van der Waals surface area contributed by atoms with Gasteiger partial charge in [-0.15, -0.1) is 0 Å². The average molecular weight is 1080 g/mol. The molecule has 3 N–H and O–H groups in total. The highest BCUT2D eigenvalue weighted by molar-refractivity contribution is 5.66. The van der Waals surface area contributed by atoms with Crippen LogP contribution in [0.1, 0.15) is 269 Å². The maximum Gasteiger partial charge on any atom is 0.342 e. The molecule has 0 bridgehead atoms. The molecule has 1 aromatic heterocycles. The van der Waals surface area contributed by atoms with Crippen molar-refractivity contribution in [2.45, 2.75) is 256 Å². The molecule has 12 heteroatoms. The first kappa shape index (κ1) is 64.6. The lowest BCUT2D eigenvalue weighted by atomic mass is 9.84. The van der Waals surface area contributed by atoms with E-state index in [1.165, 1.54) is 0 Å². The first-order valence-electron chi connectivity index (χ1n) is 29.1. The van der Waals surface area contributed by atoms with Crippen LogP contribution in [0.3, 0.4) is 0 Å². The van der Waals surface area contributed by atoms with Crippen molar-refractivity contribution in [1.29, 1.82) is 0 Å². The summed E-state index contributed by atoms with van der Waals surface area (Å²) in [7, 11) is 0. The van der Waals surface area contributed by atoms with Crippen LogP contribution in [0.25, 0.3) is 17.3 Å². The van der Waals surface area contributed by atoms with Crippen molar-refractivity contribution in [3.8, 4) is 17.2 Å². The Morgan fingerprint density at radius 1 is 0.423 bits per heavy atom. The minimum Gasteiger partial charge on any atom is -0.507 e. The highest BCUT2D eigenvalue weighted by Gasteiger charge is 2.31. The van der Waals surface area contributed by atoms with Crippen molar-refractivity contribution in [1.82, 2.24) is 13.7 Å². The summed E-state index contributed by atoms with van der Waals surface area (Å²) in [6.07, 6.45) is 16.2. The molecule has 1 heterocycles. The van der Waals surface area contributed by atoms with Crippen LogP contribution in [-0.4, -0.2) is 29.0 Å². The summed E-state index contributed by atoms with van der Waals surface area (Å²) in [5.41, 5.74) is 2.01. The lowest BCUT2D eigenvalue weighted by molar-refractivity contribution is 0.0559. The van der Waals surface area contributed by atoms with E-state index in [4.69, 9.17) is 14.2 Å². The van der Waals surface area contributed by atoms with Crippen LogP contribution < -0.4 is 17.1 Å². The zero-order valence-corrected chi connectivity index (χ0v) is 51.2. The Bertz CT molecular complexity index is 2580. The molecule has 0 aliphatic rings. The fraction of sp³-hybridized carbons (Fsp3) is 0.591. The molecule has 4 rings (SSSR count). The van der Waals surface area contributed by atoms with E-state index >= 15 is 14.4 Å². The van der Waals surface area contributed by atoms with Gasteiger partial charge in [-0.05, 0) is 168 Å². The van der Waals surface area contributed by atoms with Crippen molar-refractivity contribution in [2.75, 3.05) is 0 Å². The number of unbranched alkanes of at least 4 members (excludes halogenated alkanes) is 12. The molecule has 0 saturated heterocycles. The normalized spacial score (nSPS) is 14.2. The van der Waals surface area contributed by atoms with Crippen LogP contribution in [-0.2, 0) is 30.5 Å². The molecule has 3 unspecified atom stereocenters. The zero-order valence-electron chi connectivity index (χ0n) is 51.2. The second-order valence-corrected chi connectivity index (χ2v) is 24.7. The first-order valence-corrected chi connectivity index (χ1v) is 29.1. The highest BCUT2D eigenvalue weighted by atomic mass is 16.5. The number of aryl methyl sites for hydroxylation is 3. The van der Waals surface area contributed by atoms with Gasteiger partial charge in [0.25, 0.3) is 0 Å². The van der Waals surface area contributed by atoms with Crippen molar-refractivity contribution in [2.24, 2.45) is 0 Å². The second-order valence-electron chi connectivity index (χ2n) is 24.7. The van der Waals surface area contributed by atoms with Crippen molar-refractivity contribution in [3.05, 3.63) is 136 Å². The Morgan fingerprint density at radius 2 is 0.654 bits per heavy atom. The average Bonchev–Trinajstić information content (AvgIpc) is 3.33. The van der Waals surface area contributed by atoms with Crippen LogP contribution in [0, 0.1) is 20.8 Å². The predicted octanol–water partition coefficient (Wildman–Crippen LogP) is 16.7. The number of rotatable bonds is 27. The van der Waals surface area contributed by atoms with Gasteiger partial charge in [0.2, 0.25) is 0 Å². The van der Waals surface area contributed by atoms with Crippen LogP contribution in [0.5, 0.6) is 17.2 Å². The molecule has 0 saturated carbocycles. The molecule has 12 nitrogen and oxygen atoms in total. The molecule has 0 aliphatic carbocycles. The number of phenolic OH excluding ortho intramolecular Hbond substituents is 3. The smallest absolute Gasteiger partial charge is 0.342 e. The van der Waals surface area contributed by atoms with E-state index < -0.39 is 52.0 Å². The number of aromatic nitrogens is 3. The van der Waals surface area contributed by atoms with E-state index in [2.05, 4.69) is 20.8 Å². The molecular weight excluding hydrogens is 979 g/mol. The summed E-state index contributed by atoms with van der Waals surface area (Å²) in [4.78, 5) is 46.1. The van der Waals surface area contributed by atoms with Crippen LogP contribution >= 0.6 is 0 Å². The summed E-state index contributed by atoms with van der Waals surface area (Å²) >= 11 is 0. The van der Waals surface area contributed by atoms with Gasteiger partial charge in [0.1, 0.15) is 34.5 Å². The van der Waals surface area contributed by atoms with Crippen molar-refractivity contribution < 1.29 is 29.5 Å². The maximum absolute atomic E-state index is 15.4. The SMILES string of the molecule is CCCCCC/C=C(/OC(C)n1c(=O)n(C(C)O/C(=C/CCCCCC)c2cc(C)c(O)c(C(C)(C)C)c2)c(=O)n(C(C)O/C(=C/CCCCCC)c2cc(C)c(O)c(C(C)(C)C)c2)c1=O)c1cc(C)c(O)c(C(C)(C)C)c1. The molecule has 432 valence electrons. The lowest BCUT2D eigenvalue weighted by Crippen LogP contribution is -2.57. The van der Waals surface area contributed by atoms with E-state index in [0.717, 1.165) is 107 Å². The summed E-state index contributed by atoms with van der Waals surface area (Å²) in [6.45, 7) is 35.1. The molecule has 3 atom stereocenters. The van der Waals surface area contributed by atoms with Crippen LogP contribution in [0.2, 0.25) is 0 Å². The van der Waals surface area contributed by atoms with E-state index in [1.807, 2.05) is 138 Å². The summed E-state index contributed by atoms with van der Waals surface area (Å²) in [5.74, 6) is 1.84. The number of phenols is 3. The largest absolute Gasteiger partial charge is 0.507 e. The standard InChI is InChI=1S/C66H99N3O9/c1-19-22-25-28-31-34-55(49-37-43(4)58(70)52(40-49)64(10,11)12)76-46(7)67-61(73)68(47(8)77-56(35-32-29-26-23-20-2)50-38-44(5)59(71)53(41-50)65(13,14)15)63(75)69(62(67)74)48(9)78-57(36-33-30-27-24-21-3)51-39-45(6)60(72)54(42-51)66(16,17)18/h34-42,46-48,70-72H,19-33H2,1-18H3/b55-34+,56-35+,57-36+. The number of aromatic hydroxyl groups is 3. The Balaban J connectivity index is 2.06. The zero-order chi connectivity index (χ0) is 58.4. The number of allylic oxidation sites excluding steroid dienone is 3. The van der Waals surface area contributed by atoms with Crippen molar-refractivity contribution in [3.63, 3.8) is 0 Å². The molecule has 78 heavy (non-hydrogen) atoms. The van der Waals surface area contributed by atoms with Gasteiger partial charge >= 0.3 is 17.1 Å². The number of ether oxygens (including phenoxy) is 3. The fourth-order valence-electron chi connectivity index (χ4n) is 9.83. The van der Waals surface area contributed by atoms with Gasteiger partial charge in [-0.1, -0.05) is 141 Å². The molecule has 0 spiro atoms. The predicted molar refractivity (Wildman–Crippen MR) is 321 cm³/mol. The minimum absolute atomic E-state index is 0.189. The van der Waals surface area contributed by atoms with E-state index in [-0.39, 0.29) is 17.2 Å². The van der Waals surface area contributed by atoms with E-state index in [9.17, 15) is 15.3 Å². The Kier molecular flexibility index (Phi) is 23.4. The fourth-order valence-corrected chi connectivity index (χ4v) is 9.83. The van der Waals surface area contributed by atoms with Gasteiger partial charge in [-0.2, -0.15) is 0 Å². The van der Waals surface area contributed by atoms with Gasteiger partial charge in [-0.25, -0.2) is 28.1 Å². The lowest BCUT2D eigenvalue weighted by Gasteiger charge is -2.28. The second kappa shape index (κ2) is 28.3. The van der Waals surface area contributed by atoms with E-state index in [1.54, 1.807) is 20.8 Å². The highest BCUT2D eigenvalue weighted by Crippen LogP contribution is 2.40. The Morgan fingerprint density at radius 3 is 0.859 bits per heavy atom. The third-order valence-corrected chi connectivity index (χ3v) is 14.6. The number of hydrogen-bond donors (Lipinski definition) is 3. The monoisotopic (exact) mass is 1080 g/mol. The molecular formula is C66H99N3O9. The summed E-state index contributed by atoms with van der Waals surface area (Å²) < 4.78 is 23.4. The summed E-state index contributed by atoms with van der Waals surface area (Å²) in [5, 5.41) is 33.9. The minimum atomic E-state index is -1.28. The third-order valence-electron chi connectivity index (χ3n) is 14.6. The molecule has 3 aromatic carbocycles. The van der Waals surface area contributed by atoms with Gasteiger partial charge in [0.15, 0.2) is 18.7 Å². The molecule has 0 radical (unpaired) electrons. The summed E-state index contributed by atoms with van der Waals surface area (Å²) in [6, 6.07) is 11.3. The van der Waals surface area contributed by atoms with Gasteiger partial charge in [0, 0.05) is 33.4 Å². The van der Waals surface area contributed by atoms with E-state index in [0.29, 0.717) is 69.9 Å². The topological polar surface area (TPSA) is 154 Å². The number of hydrogen-bond acceptors (Lipinski definition) is 9. The molecule has 0 amide bonds. The van der Waals surface area contributed by atoms with Gasteiger partial charge in [0.05, 0.1) is 0 Å². The van der Waals surface area contributed by atoms with Crippen molar-refractivity contribution >= 4 is 17.3 Å². The number of nitrogens with zero attached hydrogens (tertiary/aromatic N) is 3. The molecule has 0 fully saturated rings. The molecule has 0 aliphatic heterocycles.